The van der Waals surface area contributed by atoms with Gasteiger partial charge in [-0.05, 0) is 38.0 Å². The highest BCUT2D eigenvalue weighted by Gasteiger charge is 2.41. The molecule has 1 rings (SSSR count). The summed E-state index contributed by atoms with van der Waals surface area (Å²) in [7, 11) is -3.33. The molecule has 0 aliphatic heterocycles. The molecule has 1 aliphatic carbocycles. The van der Waals surface area contributed by atoms with E-state index in [4.69, 9.17) is 0 Å². The van der Waals surface area contributed by atoms with Crippen LogP contribution in [0.5, 0.6) is 0 Å². The van der Waals surface area contributed by atoms with Gasteiger partial charge in [-0.3, -0.25) is 4.79 Å². The SMILES string of the molecule is CCCS(=O)(=O)NCC1(C(=O)O)CCC(C)CC1. The molecule has 1 fully saturated rings. The standard InChI is InChI=1S/C12H23NO4S/c1-3-8-18(16,17)13-9-12(11(14)15)6-4-10(2)5-7-12/h10,13H,3-9H2,1-2H3,(H,14,15). The van der Waals surface area contributed by atoms with Crippen molar-refractivity contribution in [2.24, 2.45) is 11.3 Å². The Morgan fingerprint density at radius 3 is 2.39 bits per heavy atom. The molecule has 0 saturated heterocycles. The Bertz CT molecular complexity index is 383. The van der Waals surface area contributed by atoms with E-state index < -0.39 is 21.4 Å². The van der Waals surface area contributed by atoms with Crippen LogP contribution in [0.2, 0.25) is 0 Å². The quantitative estimate of drug-likeness (QED) is 0.772. The molecule has 106 valence electrons. The number of hydrogen-bond donors (Lipinski definition) is 2. The zero-order chi connectivity index (χ0) is 13.8. The monoisotopic (exact) mass is 277 g/mol. The number of aliphatic carboxylic acids is 1. The maximum Gasteiger partial charge on any atom is 0.310 e. The van der Waals surface area contributed by atoms with Gasteiger partial charge in [-0.15, -0.1) is 0 Å². The Hall–Kier alpha value is -0.620. The number of hydrogen-bond acceptors (Lipinski definition) is 3. The zero-order valence-electron chi connectivity index (χ0n) is 11.1. The van der Waals surface area contributed by atoms with Gasteiger partial charge < -0.3 is 5.11 Å². The predicted octanol–water partition coefficient (Wildman–Crippen LogP) is 1.60. The van der Waals surface area contributed by atoms with Crippen molar-refractivity contribution in [3.05, 3.63) is 0 Å². The van der Waals surface area contributed by atoms with Gasteiger partial charge in [0.05, 0.1) is 11.2 Å². The van der Waals surface area contributed by atoms with Crippen LogP contribution in [0.1, 0.15) is 46.0 Å². The molecule has 2 N–H and O–H groups in total. The first-order valence-electron chi connectivity index (χ1n) is 6.52. The predicted molar refractivity (Wildman–Crippen MR) is 69.8 cm³/mol. The summed E-state index contributed by atoms with van der Waals surface area (Å²) in [4.78, 5) is 11.4. The first kappa shape index (κ1) is 15.4. The van der Waals surface area contributed by atoms with E-state index in [-0.39, 0.29) is 12.3 Å². The third-order valence-electron chi connectivity index (χ3n) is 3.79. The van der Waals surface area contributed by atoms with Crippen molar-refractivity contribution in [2.75, 3.05) is 12.3 Å². The summed E-state index contributed by atoms with van der Waals surface area (Å²) in [5.41, 5.74) is -0.909. The van der Waals surface area contributed by atoms with Crippen molar-refractivity contribution in [1.82, 2.24) is 4.72 Å². The van der Waals surface area contributed by atoms with Crippen molar-refractivity contribution in [1.29, 1.82) is 0 Å². The Morgan fingerprint density at radius 1 is 1.39 bits per heavy atom. The van der Waals surface area contributed by atoms with Crippen LogP contribution in [-0.2, 0) is 14.8 Å². The lowest BCUT2D eigenvalue weighted by atomic mass is 9.71. The van der Waals surface area contributed by atoms with Gasteiger partial charge in [0, 0.05) is 6.54 Å². The van der Waals surface area contributed by atoms with Gasteiger partial charge in [-0.25, -0.2) is 13.1 Å². The van der Waals surface area contributed by atoms with Crippen LogP contribution in [0.4, 0.5) is 0 Å². The van der Waals surface area contributed by atoms with Crippen molar-refractivity contribution >= 4 is 16.0 Å². The highest BCUT2D eigenvalue weighted by molar-refractivity contribution is 7.89. The van der Waals surface area contributed by atoms with Gasteiger partial charge in [0.15, 0.2) is 0 Å². The molecule has 0 spiro atoms. The van der Waals surface area contributed by atoms with Gasteiger partial charge in [0.25, 0.3) is 0 Å². The minimum absolute atomic E-state index is 0.0252. The van der Waals surface area contributed by atoms with Crippen LogP contribution in [0.25, 0.3) is 0 Å². The number of rotatable bonds is 6. The molecule has 0 aromatic rings. The number of carbonyl (C=O) groups is 1. The molecule has 5 nitrogen and oxygen atoms in total. The van der Waals surface area contributed by atoms with Crippen molar-refractivity contribution in [2.45, 2.75) is 46.0 Å². The first-order valence-corrected chi connectivity index (χ1v) is 8.17. The average molecular weight is 277 g/mol. The van der Waals surface area contributed by atoms with Crippen LogP contribution in [0, 0.1) is 11.3 Å². The molecule has 18 heavy (non-hydrogen) atoms. The van der Waals surface area contributed by atoms with Crippen LogP contribution in [0.15, 0.2) is 0 Å². The maximum atomic E-state index is 11.6. The van der Waals surface area contributed by atoms with Gasteiger partial charge in [-0.2, -0.15) is 0 Å². The van der Waals surface area contributed by atoms with Crippen molar-refractivity contribution in [3.8, 4) is 0 Å². The zero-order valence-corrected chi connectivity index (χ0v) is 11.9. The second-order valence-corrected chi connectivity index (χ2v) is 7.33. The lowest BCUT2D eigenvalue weighted by molar-refractivity contribution is -0.151. The fourth-order valence-corrected chi connectivity index (χ4v) is 3.55. The summed E-state index contributed by atoms with van der Waals surface area (Å²) >= 11 is 0. The van der Waals surface area contributed by atoms with Crippen molar-refractivity contribution < 1.29 is 18.3 Å². The molecular weight excluding hydrogens is 254 g/mol. The summed E-state index contributed by atoms with van der Waals surface area (Å²) < 4.78 is 25.7. The summed E-state index contributed by atoms with van der Waals surface area (Å²) in [6, 6.07) is 0. The molecule has 0 radical (unpaired) electrons. The van der Waals surface area contributed by atoms with Gasteiger partial charge in [-0.1, -0.05) is 13.8 Å². The number of carboxylic acids is 1. The smallest absolute Gasteiger partial charge is 0.310 e. The van der Waals surface area contributed by atoms with E-state index in [9.17, 15) is 18.3 Å². The van der Waals surface area contributed by atoms with E-state index in [0.29, 0.717) is 25.2 Å². The highest BCUT2D eigenvalue weighted by atomic mass is 32.2. The molecule has 1 aliphatic rings. The summed E-state index contributed by atoms with van der Waals surface area (Å²) in [5, 5.41) is 9.37. The fraction of sp³-hybridized carbons (Fsp3) is 0.917. The van der Waals surface area contributed by atoms with Gasteiger partial charge in [0.1, 0.15) is 0 Å². The largest absolute Gasteiger partial charge is 0.481 e. The van der Waals surface area contributed by atoms with Crippen molar-refractivity contribution in [3.63, 3.8) is 0 Å². The van der Waals surface area contributed by atoms with Crippen LogP contribution in [0.3, 0.4) is 0 Å². The molecule has 0 atom stereocenters. The molecule has 0 unspecified atom stereocenters. The third kappa shape index (κ3) is 3.95. The second-order valence-electron chi connectivity index (χ2n) is 5.41. The molecule has 0 bridgehead atoms. The summed E-state index contributed by atoms with van der Waals surface area (Å²) in [6.07, 6.45) is 3.34. The van der Waals surface area contributed by atoms with Crippen LogP contribution >= 0.6 is 0 Å². The van der Waals surface area contributed by atoms with Gasteiger partial charge in [0.2, 0.25) is 10.0 Å². The fourth-order valence-electron chi connectivity index (χ4n) is 2.37. The van der Waals surface area contributed by atoms with Crippen LogP contribution < -0.4 is 4.72 Å². The summed E-state index contributed by atoms with van der Waals surface area (Å²) in [5.74, 6) is -0.294. The highest BCUT2D eigenvalue weighted by Crippen LogP contribution is 2.38. The van der Waals surface area contributed by atoms with Gasteiger partial charge >= 0.3 is 5.97 Å². The Balaban J connectivity index is 2.68. The van der Waals surface area contributed by atoms with E-state index >= 15 is 0 Å². The molecular formula is C12H23NO4S. The molecule has 0 aromatic heterocycles. The Kier molecular flexibility index (Phi) is 5.16. The number of carboxylic acid groups (broad SMARTS) is 1. The second kappa shape index (κ2) is 6.02. The molecule has 0 heterocycles. The maximum absolute atomic E-state index is 11.6. The van der Waals surface area contributed by atoms with E-state index in [1.807, 2.05) is 0 Å². The minimum Gasteiger partial charge on any atom is -0.481 e. The van der Waals surface area contributed by atoms with E-state index in [1.54, 1.807) is 6.92 Å². The van der Waals surface area contributed by atoms with E-state index in [0.717, 1.165) is 12.8 Å². The normalized spacial score (nSPS) is 29.1. The molecule has 6 heteroatoms. The average Bonchev–Trinajstić information content (AvgIpc) is 2.28. The topological polar surface area (TPSA) is 83.5 Å². The summed E-state index contributed by atoms with van der Waals surface area (Å²) in [6.45, 7) is 3.92. The Morgan fingerprint density at radius 2 is 1.94 bits per heavy atom. The van der Waals surface area contributed by atoms with Crippen LogP contribution in [-0.4, -0.2) is 31.8 Å². The third-order valence-corrected chi connectivity index (χ3v) is 5.32. The number of nitrogens with one attached hydrogen (secondary N) is 1. The van der Waals surface area contributed by atoms with E-state index in [1.165, 1.54) is 0 Å². The lowest BCUT2D eigenvalue weighted by Crippen LogP contribution is -2.45. The number of sulfonamides is 1. The Labute approximate surface area is 109 Å². The minimum atomic E-state index is -3.33. The van der Waals surface area contributed by atoms with E-state index in [2.05, 4.69) is 11.6 Å². The molecule has 0 amide bonds. The lowest BCUT2D eigenvalue weighted by Gasteiger charge is -2.35. The molecule has 1 saturated carbocycles. The molecule has 0 aromatic carbocycles. The first-order chi connectivity index (χ1) is 8.31.